The number of carbonyl (C=O) groups excluding carboxylic acids is 2. The number of hydrogen-bond acceptors (Lipinski definition) is 11. The molecule has 1 fully saturated rings. The molecule has 0 bridgehead atoms. The van der Waals surface area contributed by atoms with E-state index in [1.165, 1.54) is 43.3 Å². The molecule has 0 radical (unpaired) electrons. The number of carbonyl (C=O) groups is 2. The third-order valence-corrected chi connectivity index (χ3v) is 5.50. The molecule has 194 valence electrons. The number of ether oxygens (including phenoxy) is 3. The van der Waals surface area contributed by atoms with Gasteiger partial charge < -0.3 is 49.6 Å². The number of benzene rings is 2. The van der Waals surface area contributed by atoms with Gasteiger partial charge in [-0.2, -0.15) is 0 Å². The van der Waals surface area contributed by atoms with Gasteiger partial charge in [0.1, 0.15) is 36.8 Å². The fourth-order valence-corrected chi connectivity index (χ4v) is 3.43. The van der Waals surface area contributed by atoms with Crippen molar-refractivity contribution in [1.82, 2.24) is 0 Å². The van der Waals surface area contributed by atoms with Crippen molar-refractivity contribution in [2.24, 2.45) is 0 Å². The zero-order chi connectivity index (χ0) is 26.4. The summed E-state index contributed by atoms with van der Waals surface area (Å²) in [6.07, 6.45) is -4.73. The number of phenolic OH excluding ortho intramolecular Hbond substituents is 3. The minimum atomic E-state index is -1.70. The smallest absolute Gasteiger partial charge is 0.330 e. The Morgan fingerprint density at radius 2 is 1.67 bits per heavy atom. The number of aliphatic hydroxyl groups is 3. The Hall–Kier alpha value is -3.64. The molecule has 1 saturated heterocycles. The van der Waals surface area contributed by atoms with Crippen molar-refractivity contribution in [3.63, 3.8) is 0 Å². The first kappa shape index (κ1) is 27.0. The van der Waals surface area contributed by atoms with Crippen molar-refractivity contribution in [2.45, 2.75) is 50.5 Å². The molecule has 1 heterocycles. The Kier molecular flexibility index (Phi) is 8.88. The standard InChI is InChI=1S/C25H28O11/c1-13(26)2-3-15-5-8-17(28)19(11-15)35-25-24(33)23(32)22(31)20(36-25)12-34-21(30)9-6-14-4-7-16(27)18(29)10-14/h4-11,20,22-25,27-29,31-33H,2-3,12H2,1H3. The summed E-state index contributed by atoms with van der Waals surface area (Å²) in [5, 5.41) is 59.8. The molecule has 36 heavy (non-hydrogen) atoms. The topological polar surface area (TPSA) is 183 Å². The van der Waals surface area contributed by atoms with Crippen LogP contribution in [0.25, 0.3) is 6.08 Å². The maximum absolute atomic E-state index is 12.1. The number of rotatable bonds is 9. The quantitative estimate of drug-likeness (QED) is 0.161. The van der Waals surface area contributed by atoms with E-state index in [9.17, 15) is 40.2 Å². The Morgan fingerprint density at radius 3 is 2.36 bits per heavy atom. The molecule has 2 aromatic rings. The normalized spacial score (nSPS) is 23.9. The summed E-state index contributed by atoms with van der Waals surface area (Å²) in [4.78, 5) is 23.3. The first-order chi connectivity index (χ1) is 17.0. The molecular weight excluding hydrogens is 476 g/mol. The molecule has 1 aliphatic heterocycles. The lowest BCUT2D eigenvalue weighted by Crippen LogP contribution is -2.60. The third-order valence-electron chi connectivity index (χ3n) is 5.50. The van der Waals surface area contributed by atoms with Crippen LogP contribution < -0.4 is 4.74 Å². The zero-order valence-corrected chi connectivity index (χ0v) is 19.4. The van der Waals surface area contributed by atoms with Crippen LogP contribution in [-0.2, 0) is 25.5 Å². The van der Waals surface area contributed by atoms with E-state index in [2.05, 4.69) is 0 Å². The van der Waals surface area contributed by atoms with Gasteiger partial charge in [0.15, 0.2) is 23.0 Å². The first-order valence-corrected chi connectivity index (χ1v) is 11.1. The highest BCUT2D eigenvalue weighted by molar-refractivity contribution is 5.87. The van der Waals surface area contributed by atoms with Crippen LogP contribution in [0.3, 0.4) is 0 Å². The van der Waals surface area contributed by atoms with Gasteiger partial charge >= 0.3 is 5.97 Å². The largest absolute Gasteiger partial charge is 0.504 e. The van der Waals surface area contributed by atoms with Gasteiger partial charge in [-0.05, 0) is 54.8 Å². The lowest BCUT2D eigenvalue weighted by Gasteiger charge is -2.39. The van der Waals surface area contributed by atoms with Crippen LogP contribution in [0.4, 0.5) is 0 Å². The van der Waals surface area contributed by atoms with E-state index in [0.29, 0.717) is 17.5 Å². The van der Waals surface area contributed by atoms with Crippen LogP contribution in [0.1, 0.15) is 24.5 Å². The SMILES string of the molecule is CC(=O)CCc1ccc(O)c(OC2OC(COC(=O)C=Cc3ccc(O)c(O)c3)C(O)C(O)C2O)c1. The Balaban J connectivity index is 1.63. The predicted octanol–water partition coefficient (Wildman–Crippen LogP) is 0.768. The molecule has 3 rings (SSSR count). The Bertz CT molecular complexity index is 1110. The maximum Gasteiger partial charge on any atom is 0.330 e. The Labute approximate surface area is 206 Å². The van der Waals surface area contributed by atoms with Crippen LogP contribution >= 0.6 is 0 Å². The fourth-order valence-electron chi connectivity index (χ4n) is 3.43. The average molecular weight is 504 g/mol. The minimum absolute atomic E-state index is 0.0119. The molecule has 5 atom stereocenters. The molecule has 0 saturated carbocycles. The van der Waals surface area contributed by atoms with Crippen LogP contribution in [0.15, 0.2) is 42.5 Å². The number of ketones is 1. The molecule has 11 heteroatoms. The molecule has 6 N–H and O–H groups in total. The summed E-state index contributed by atoms with van der Waals surface area (Å²) < 4.78 is 16.1. The lowest BCUT2D eigenvalue weighted by molar-refractivity contribution is -0.278. The van der Waals surface area contributed by atoms with Gasteiger partial charge in [-0.25, -0.2) is 4.79 Å². The van der Waals surface area contributed by atoms with Crippen LogP contribution in [0.2, 0.25) is 0 Å². The summed E-state index contributed by atoms with van der Waals surface area (Å²) >= 11 is 0. The van der Waals surface area contributed by atoms with Crippen molar-refractivity contribution >= 4 is 17.8 Å². The van der Waals surface area contributed by atoms with E-state index in [0.717, 1.165) is 6.08 Å². The number of esters is 1. The van der Waals surface area contributed by atoms with Crippen molar-refractivity contribution in [3.8, 4) is 23.0 Å². The first-order valence-electron chi connectivity index (χ1n) is 11.1. The molecule has 0 aromatic heterocycles. The zero-order valence-electron chi connectivity index (χ0n) is 19.4. The van der Waals surface area contributed by atoms with Gasteiger partial charge in [0.2, 0.25) is 6.29 Å². The van der Waals surface area contributed by atoms with E-state index in [-0.39, 0.29) is 35.2 Å². The molecule has 2 aromatic carbocycles. The van der Waals surface area contributed by atoms with E-state index in [1.807, 2.05) is 0 Å². The molecular formula is C25H28O11. The third kappa shape index (κ3) is 6.95. The Morgan fingerprint density at radius 1 is 0.944 bits per heavy atom. The van der Waals surface area contributed by atoms with Crippen LogP contribution in [0.5, 0.6) is 23.0 Å². The molecule has 1 aliphatic rings. The second kappa shape index (κ2) is 11.9. The fraction of sp³-hybridized carbons (Fsp3) is 0.360. The van der Waals surface area contributed by atoms with Crippen molar-refractivity contribution < 1.29 is 54.4 Å². The number of phenols is 3. The minimum Gasteiger partial charge on any atom is -0.504 e. The number of Topliss-reactive ketones (excluding diaryl/α,β-unsaturated/α-hetero) is 1. The van der Waals surface area contributed by atoms with Gasteiger partial charge in [0, 0.05) is 12.5 Å². The number of aryl methyl sites for hydroxylation is 1. The summed E-state index contributed by atoms with van der Waals surface area (Å²) in [7, 11) is 0. The second-order valence-electron chi connectivity index (χ2n) is 8.35. The molecule has 0 amide bonds. The summed E-state index contributed by atoms with van der Waals surface area (Å²) in [6.45, 7) is 0.956. The van der Waals surface area contributed by atoms with Gasteiger partial charge in [0.25, 0.3) is 0 Å². The highest BCUT2D eigenvalue weighted by atomic mass is 16.7. The van der Waals surface area contributed by atoms with Crippen LogP contribution in [-0.4, -0.2) is 79.7 Å². The highest BCUT2D eigenvalue weighted by Crippen LogP contribution is 2.32. The van der Waals surface area contributed by atoms with Crippen LogP contribution in [0, 0.1) is 0 Å². The van der Waals surface area contributed by atoms with E-state index in [1.54, 1.807) is 6.07 Å². The molecule has 5 unspecified atom stereocenters. The summed E-state index contributed by atoms with van der Waals surface area (Å²) in [6, 6.07) is 8.36. The van der Waals surface area contributed by atoms with Crippen molar-refractivity contribution in [2.75, 3.05) is 6.61 Å². The van der Waals surface area contributed by atoms with E-state index >= 15 is 0 Å². The van der Waals surface area contributed by atoms with Gasteiger partial charge in [-0.1, -0.05) is 12.1 Å². The maximum atomic E-state index is 12.1. The second-order valence-corrected chi connectivity index (χ2v) is 8.35. The van der Waals surface area contributed by atoms with E-state index in [4.69, 9.17) is 14.2 Å². The summed E-state index contributed by atoms with van der Waals surface area (Å²) in [5.74, 6) is -1.86. The summed E-state index contributed by atoms with van der Waals surface area (Å²) in [5.41, 5.74) is 1.09. The van der Waals surface area contributed by atoms with Gasteiger partial charge in [-0.3, -0.25) is 0 Å². The highest BCUT2D eigenvalue weighted by Gasteiger charge is 2.45. The molecule has 11 nitrogen and oxygen atoms in total. The number of aromatic hydroxyl groups is 3. The average Bonchev–Trinajstić information content (AvgIpc) is 2.84. The lowest BCUT2D eigenvalue weighted by atomic mass is 9.99. The van der Waals surface area contributed by atoms with Crippen molar-refractivity contribution in [3.05, 3.63) is 53.6 Å². The predicted molar refractivity (Wildman–Crippen MR) is 124 cm³/mol. The van der Waals surface area contributed by atoms with Crippen molar-refractivity contribution in [1.29, 1.82) is 0 Å². The van der Waals surface area contributed by atoms with Gasteiger partial charge in [0.05, 0.1) is 0 Å². The van der Waals surface area contributed by atoms with E-state index < -0.39 is 43.3 Å². The monoisotopic (exact) mass is 504 g/mol. The van der Waals surface area contributed by atoms with Gasteiger partial charge in [-0.15, -0.1) is 0 Å². The number of aliphatic hydroxyl groups excluding tert-OH is 3. The molecule has 0 spiro atoms. The molecule has 0 aliphatic carbocycles. The number of hydrogen-bond donors (Lipinski definition) is 6.